The molecule has 1 amide bonds. The largest absolute Gasteiger partial charge is 0.327 e. The predicted molar refractivity (Wildman–Crippen MR) is 82.8 cm³/mol. The van der Waals surface area contributed by atoms with Gasteiger partial charge in [0.1, 0.15) is 0 Å². The number of likely N-dealkylation sites (tertiary alicyclic amines) is 1. The van der Waals surface area contributed by atoms with E-state index in [1.165, 1.54) is 5.56 Å². The van der Waals surface area contributed by atoms with E-state index in [0.29, 0.717) is 12.5 Å². The van der Waals surface area contributed by atoms with Gasteiger partial charge in [-0.25, -0.2) is 0 Å². The molecule has 1 aliphatic heterocycles. The van der Waals surface area contributed by atoms with E-state index in [0.717, 1.165) is 31.6 Å². The molecule has 2 rings (SSSR count). The summed E-state index contributed by atoms with van der Waals surface area (Å²) < 4.78 is 0. The first-order valence-corrected chi connectivity index (χ1v) is 7.43. The highest BCUT2D eigenvalue weighted by atomic mass is 16.2. The van der Waals surface area contributed by atoms with Crippen molar-refractivity contribution in [1.82, 2.24) is 4.90 Å². The Morgan fingerprint density at radius 2 is 2.20 bits per heavy atom. The number of para-hydroxylation sites is 1. The summed E-state index contributed by atoms with van der Waals surface area (Å²) in [4.78, 5) is 14.3. The van der Waals surface area contributed by atoms with Crippen molar-refractivity contribution in [2.75, 3.05) is 25.0 Å². The minimum atomic E-state index is 0.0483. The Balaban J connectivity index is 1.94. The zero-order valence-electron chi connectivity index (χ0n) is 12.4. The summed E-state index contributed by atoms with van der Waals surface area (Å²) in [6.45, 7) is 6.48. The van der Waals surface area contributed by atoms with Crippen molar-refractivity contribution in [3.8, 4) is 0 Å². The van der Waals surface area contributed by atoms with E-state index >= 15 is 0 Å². The van der Waals surface area contributed by atoms with Crippen LogP contribution in [0.3, 0.4) is 0 Å². The summed E-state index contributed by atoms with van der Waals surface area (Å²) in [6.07, 6.45) is 2.14. The number of nitrogens with zero attached hydrogens (tertiary/aromatic N) is 1. The Labute approximate surface area is 121 Å². The van der Waals surface area contributed by atoms with E-state index in [9.17, 15) is 4.79 Å². The van der Waals surface area contributed by atoms with Crippen molar-refractivity contribution in [1.29, 1.82) is 0 Å². The number of amides is 1. The topological polar surface area (TPSA) is 58.4 Å². The second kappa shape index (κ2) is 6.86. The fourth-order valence-corrected chi connectivity index (χ4v) is 2.74. The lowest BCUT2D eigenvalue weighted by Crippen LogP contribution is -2.45. The van der Waals surface area contributed by atoms with Crippen molar-refractivity contribution in [3.63, 3.8) is 0 Å². The first-order chi connectivity index (χ1) is 9.56. The molecule has 0 unspecified atom stereocenters. The van der Waals surface area contributed by atoms with Crippen LogP contribution >= 0.6 is 0 Å². The lowest BCUT2D eigenvalue weighted by atomic mass is 10.0. The number of benzene rings is 1. The molecule has 1 aromatic carbocycles. The molecule has 1 heterocycles. The van der Waals surface area contributed by atoms with Gasteiger partial charge in [-0.2, -0.15) is 0 Å². The minimum absolute atomic E-state index is 0.0483. The maximum absolute atomic E-state index is 12.2. The van der Waals surface area contributed by atoms with Gasteiger partial charge in [-0.15, -0.1) is 0 Å². The van der Waals surface area contributed by atoms with Crippen molar-refractivity contribution in [3.05, 3.63) is 29.8 Å². The molecule has 110 valence electrons. The lowest BCUT2D eigenvalue weighted by Gasteiger charge is -2.30. The highest BCUT2D eigenvalue weighted by molar-refractivity contribution is 5.93. The molecular weight excluding hydrogens is 250 g/mol. The summed E-state index contributed by atoms with van der Waals surface area (Å²) in [6, 6.07) is 8.21. The van der Waals surface area contributed by atoms with E-state index in [4.69, 9.17) is 5.73 Å². The Kier molecular flexibility index (Phi) is 5.15. The third-order valence-electron chi connectivity index (χ3n) is 3.77. The third-order valence-corrected chi connectivity index (χ3v) is 3.77. The molecule has 1 atom stereocenters. The molecule has 1 aliphatic rings. The third kappa shape index (κ3) is 4.05. The fourth-order valence-electron chi connectivity index (χ4n) is 2.74. The lowest BCUT2D eigenvalue weighted by molar-refractivity contribution is -0.117. The summed E-state index contributed by atoms with van der Waals surface area (Å²) in [5, 5.41) is 3.03. The van der Waals surface area contributed by atoms with Gasteiger partial charge in [-0.3, -0.25) is 9.69 Å². The van der Waals surface area contributed by atoms with Gasteiger partial charge in [0.15, 0.2) is 0 Å². The highest BCUT2D eigenvalue weighted by Crippen LogP contribution is 2.23. The molecule has 0 saturated carbocycles. The summed E-state index contributed by atoms with van der Waals surface area (Å²) in [5.41, 5.74) is 8.05. The SMILES string of the molecule is CC(C)c1ccccc1NC(=O)CN1CCC[C@@H](N)C1. The molecule has 0 aromatic heterocycles. The van der Waals surface area contributed by atoms with Gasteiger partial charge in [-0.1, -0.05) is 32.0 Å². The Bertz CT molecular complexity index is 459. The molecular formula is C16H25N3O. The summed E-state index contributed by atoms with van der Waals surface area (Å²) in [7, 11) is 0. The molecule has 0 bridgehead atoms. The molecule has 3 N–H and O–H groups in total. The van der Waals surface area contributed by atoms with Gasteiger partial charge >= 0.3 is 0 Å². The number of carbonyl (C=O) groups is 1. The van der Waals surface area contributed by atoms with Crippen LogP contribution < -0.4 is 11.1 Å². The molecule has 1 aromatic rings. The predicted octanol–water partition coefficient (Wildman–Crippen LogP) is 2.17. The first-order valence-electron chi connectivity index (χ1n) is 7.43. The van der Waals surface area contributed by atoms with E-state index in [1.54, 1.807) is 0 Å². The summed E-state index contributed by atoms with van der Waals surface area (Å²) >= 11 is 0. The fraction of sp³-hybridized carbons (Fsp3) is 0.562. The van der Waals surface area contributed by atoms with E-state index in [2.05, 4.69) is 30.1 Å². The van der Waals surface area contributed by atoms with Gasteiger partial charge in [0.25, 0.3) is 0 Å². The number of hydrogen-bond acceptors (Lipinski definition) is 3. The van der Waals surface area contributed by atoms with E-state index in [-0.39, 0.29) is 11.9 Å². The average molecular weight is 275 g/mol. The Morgan fingerprint density at radius 3 is 2.90 bits per heavy atom. The summed E-state index contributed by atoms with van der Waals surface area (Å²) in [5.74, 6) is 0.446. The van der Waals surface area contributed by atoms with Gasteiger partial charge in [0, 0.05) is 18.3 Å². The van der Waals surface area contributed by atoms with Crippen LogP contribution in [0.5, 0.6) is 0 Å². The molecule has 1 saturated heterocycles. The van der Waals surface area contributed by atoms with Crippen molar-refractivity contribution >= 4 is 11.6 Å². The maximum atomic E-state index is 12.2. The van der Waals surface area contributed by atoms with Crippen LogP contribution in [-0.2, 0) is 4.79 Å². The standard InChI is InChI=1S/C16H25N3O/c1-12(2)14-7-3-4-8-15(14)18-16(20)11-19-9-5-6-13(17)10-19/h3-4,7-8,12-13H,5-6,9-11,17H2,1-2H3,(H,18,20)/t13-/m1/s1. The van der Waals surface area contributed by atoms with E-state index < -0.39 is 0 Å². The smallest absolute Gasteiger partial charge is 0.238 e. The zero-order valence-corrected chi connectivity index (χ0v) is 12.4. The quantitative estimate of drug-likeness (QED) is 0.885. The number of piperidine rings is 1. The van der Waals surface area contributed by atoms with Gasteiger partial charge < -0.3 is 11.1 Å². The minimum Gasteiger partial charge on any atom is -0.327 e. The van der Waals surface area contributed by atoms with Crippen LogP contribution in [0.25, 0.3) is 0 Å². The Morgan fingerprint density at radius 1 is 1.45 bits per heavy atom. The van der Waals surface area contributed by atoms with Crippen molar-refractivity contribution in [2.45, 2.75) is 38.6 Å². The zero-order chi connectivity index (χ0) is 14.5. The molecule has 1 fully saturated rings. The van der Waals surface area contributed by atoms with E-state index in [1.807, 2.05) is 18.2 Å². The molecule has 0 aliphatic carbocycles. The number of nitrogens with one attached hydrogen (secondary N) is 1. The normalized spacial score (nSPS) is 20.1. The van der Waals surface area contributed by atoms with Gasteiger partial charge in [0.2, 0.25) is 5.91 Å². The van der Waals surface area contributed by atoms with Crippen LogP contribution in [0, 0.1) is 0 Å². The van der Waals surface area contributed by atoms with Crippen molar-refractivity contribution in [2.24, 2.45) is 5.73 Å². The van der Waals surface area contributed by atoms with Gasteiger partial charge in [-0.05, 0) is 36.9 Å². The highest BCUT2D eigenvalue weighted by Gasteiger charge is 2.19. The average Bonchev–Trinajstić information content (AvgIpc) is 2.38. The molecule has 20 heavy (non-hydrogen) atoms. The first kappa shape index (κ1) is 15.0. The number of nitrogens with two attached hydrogens (primary N) is 1. The number of anilines is 1. The van der Waals surface area contributed by atoms with Crippen LogP contribution in [0.4, 0.5) is 5.69 Å². The second-order valence-electron chi connectivity index (χ2n) is 5.93. The van der Waals surface area contributed by atoms with Crippen LogP contribution in [0.1, 0.15) is 38.2 Å². The molecule has 0 spiro atoms. The maximum Gasteiger partial charge on any atom is 0.238 e. The molecule has 4 heteroatoms. The monoisotopic (exact) mass is 275 g/mol. The van der Waals surface area contributed by atoms with Crippen LogP contribution in [-0.4, -0.2) is 36.5 Å². The van der Waals surface area contributed by atoms with Crippen LogP contribution in [0.15, 0.2) is 24.3 Å². The Hall–Kier alpha value is -1.39. The number of rotatable bonds is 4. The number of carbonyl (C=O) groups excluding carboxylic acids is 1. The van der Waals surface area contributed by atoms with Gasteiger partial charge in [0.05, 0.1) is 6.54 Å². The second-order valence-corrected chi connectivity index (χ2v) is 5.93. The van der Waals surface area contributed by atoms with Crippen LogP contribution in [0.2, 0.25) is 0 Å². The van der Waals surface area contributed by atoms with Crippen molar-refractivity contribution < 1.29 is 4.79 Å². The molecule has 4 nitrogen and oxygen atoms in total. The molecule has 0 radical (unpaired) electrons. The number of hydrogen-bond donors (Lipinski definition) is 2.